The summed E-state index contributed by atoms with van der Waals surface area (Å²) in [5.74, 6) is 0.367. The minimum Gasteiger partial charge on any atom is -0.414 e. The van der Waals surface area contributed by atoms with Crippen molar-refractivity contribution in [2.75, 3.05) is 0 Å². The van der Waals surface area contributed by atoms with Crippen LogP contribution in [0.2, 0.25) is 0 Å². The van der Waals surface area contributed by atoms with E-state index in [0.29, 0.717) is 10.4 Å². The number of rotatable bonds is 1. The Balaban J connectivity index is 2.79. The molecule has 0 radical (unpaired) electrons. The maximum absolute atomic E-state index is 10.2. The van der Waals surface area contributed by atoms with Crippen LogP contribution in [0.5, 0.6) is 5.75 Å². The van der Waals surface area contributed by atoms with Crippen LogP contribution < -0.4 is 4.74 Å². The highest BCUT2D eigenvalue weighted by molar-refractivity contribution is 9.10. The third kappa shape index (κ3) is 2.86. The number of carbonyl (C=O) groups is 1. The lowest BCUT2D eigenvalue weighted by atomic mass is 10.5. The van der Waals surface area contributed by atoms with E-state index in [1.54, 1.807) is 6.07 Å². The molecule has 0 aliphatic heterocycles. The number of pyridine rings is 1. The lowest BCUT2D eigenvalue weighted by Crippen LogP contribution is -1.95. The van der Waals surface area contributed by atoms with Gasteiger partial charge in [-0.15, -0.1) is 0 Å². The minimum absolute atomic E-state index is 0.367. The number of nitrogens with zero attached hydrogens (tertiary/aromatic N) is 1. The molecule has 0 N–H and O–H groups in total. The normalized spacial score (nSPS) is 9.27. The Morgan fingerprint density at radius 1 is 1.73 bits per heavy atom. The molecule has 0 atom stereocenters. The van der Waals surface area contributed by atoms with E-state index in [9.17, 15) is 4.79 Å². The fraction of sp³-hybridized carbons (Fsp3) is 0. The maximum Gasteiger partial charge on any atom is 0.409 e. The molecule has 11 heavy (non-hydrogen) atoms. The van der Waals surface area contributed by atoms with Crippen LogP contribution in [-0.2, 0) is 0 Å². The summed E-state index contributed by atoms with van der Waals surface area (Å²) < 4.78 is 5.14. The van der Waals surface area contributed by atoms with Crippen LogP contribution in [0.4, 0.5) is 4.79 Å². The van der Waals surface area contributed by atoms with Gasteiger partial charge >= 0.3 is 5.43 Å². The van der Waals surface area contributed by atoms with Crippen LogP contribution in [0.3, 0.4) is 0 Å². The van der Waals surface area contributed by atoms with E-state index >= 15 is 0 Å². The zero-order chi connectivity index (χ0) is 8.27. The molecule has 0 aliphatic rings. The van der Waals surface area contributed by atoms with E-state index < -0.39 is 5.43 Å². The highest BCUT2D eigenvalue weighted by atomic mass is 79.9. The standard InChI is InChI=1S/C6H3BrClNO2/c7-5-3-4(1-2-9-5)11-6(8)10/h1-3H. The van der Waals surface area contributed by atoms with Gasteiger partial charge in [-0.25, -0.2) is 9.78 Å². The quantitative estimate of drug-likeness (QED) is 0.556. The molecule has 0 spiro atoms. The lowest BCUT2D eigenvalue weighted by molar-refractivity contribution is 0.225. The van der Waals surface area contributed by atoms with Crippen LogP contribution >= 0.6 is 27.5 Å². The smallest absolute Gasteiger partial charge is 0.409 e. The Kier molecular flexibility index (Phi) is 2.84. The first-order valence-electron chi connectivity index (χ1n) is 2.67. The van der Waals surface area contributed by atoms with Gasteiger partial charge in [0.25, 0.3) is 0 Å². The second-order valence-corrected chi connectivity index (χ2v) is 2.78. The van der Waals surface area contributed by atoms with Crippen molar-refractivity contribution in [3.8, 4) is 5.75 Å². The van der Waals surface area contributed by atoms with Crippen molar-refractivity contribution in [2.24, 2.45) is 0 Å². The maximum atomic E-state index is 10.2. The van der Waals surface area contributed by atoms with Crippen molar-refractivity contribution in [1.82, 2.24) is 4.98 Å². The highest BCUT2D eigenvalue weighted by Crippen LogP contribution is 2.15. The minimum atomic E-state index is -0.858. The zero-order valence-corrected chi connectivity index (χ0v) is 7.59. The molecule has 0 fully saturated rings. The van der Waals surface area contributed by atoms with Gasteiger partial charge in [-0.2, -0.15) is 0 Å². The Morgan fingerprint density at radius 3 is 3.00 bits per heavy atom. The summed E-state index contributed by atoms with van der Waals surface area (Å²) in [6.07, 6.45) is 1.50. The first kappa shape index (κ1) is 8.49. The fourth-order valence-corrected chi connectivity index (χ4v) is 0.974. The Morgan fingerprint density at radius 2 is 2.45 bits per heavy atom. The monoisotopic (exact) mass is 235 g/mol. The molecule has 58 valence electrons. The summed E-state index contributed by atoms with van der Waals surface area (Å²) in [6, 6.07) is 3.07. The predicted octanol–water partition coefficient (Wildman–Crippen LogP) is 2.58. The van der Waals surface area contributed by atoms with Crippen LogP contribution in [-0.4, -0.2) is 10.4 Å². The summed E-state index contributed by atoms with van der Waals surface area (Å²) in [6.45, 7) is 0. The Hall–Kier alpha value is -0.610. The third-order valence-electron chi connectivity index (χ3n) is 0.896. The molecule has 0 unspecified atom stereocenters. The second kappa shape index (κ2) is 3.69. The highest BCUT2D eigenvalue weighted by Gasteiger charge is 1.99. The largest absolute Gasteiger partial charge is 0.414 e. The SMILES string of the molecule is O=C(Cl)Oc1ccnc(Br)c1. The molecule has 0 amide bonds. The van der Waals surface area contributed by atoms with Gasteiger partial charge in [-0.1, -0.05) is 0 Å². The molecule has 0 aromatic carbocycles. The van der Waals surface area contributed by atoms with Gasteiger partial charge in [0, 0.05) is 23.9 Å². The van der Waals surface area contributed by atoms with Crippen molar-refractivity contribution in [3.63, 3.8) is 0 Å². The van der Waals surface area contributed by atoms with Crippen molar-refractivity contribution in [3.05, 3.63) is 22.9 Å². The van der Waals surface area contributed by atoms with E-state index in [1.807, 2.05) is 0 Å². The molecular formula is C6H3BrClNO2. The Bertz CT molecular complexity index is 279. The number of hydrogen-bond acceptors (Lipinski definition) is 3. The molecule has 5 heteroatoms. The van der Waals surface area contributed by atoms with Gasteiger partial charge in [0.05, 0.1) is 0 Å². The van der Waals surface area contributed by atoms with Gasteiger partial charge in [0.2, 0.25) is 0 Å². The summed E-state index contributed by atoms with van der Waals surface area (Å²) in [4.78, 5) is 14.1. The van der Waals surface area contributed by atoms with Crippen molar-refractivity contribution in [2.45, 2.75) is 0 Å². The van der Waals surface area contributed by atoms with Crippen LogP contribution in [0, 0.1) is 0 Å². The second-order valence-electron chi connectivity index (χ2n) is 1.65. The molecule has 1 heterocycles. The average Bonchev–Trinajstić information content (AvgIpc) is 1.85. The summed E-state index contributed by atoms with van der Waals surface area (Å²) in [5.41, 5.74) is -0.858. The zero-order valence-electron chi connectivity index (χ0n) is 5.25. The average molecular weight is 236 g/mol. The topological polar surface area (TPSA) is 39.2 Å². The lowest BCUT2D eigenvalue weighted by Gasteiger charge is -1.97. The molecule has 0 bridgehead atoms. The summed E-state index contributed by atoms with van der Waals surface area (Å²) in [7, 11) is 0. The van der Waals surface area contributed by atoms with E-state index in [4.69, 9.17) is 11.6 Å². The number of aromatic nitrogens is 1. The van der Waals surface area contributed by atoms with Gasteiger partial charge in [0.15, 0.2) is 0 Å². The molecule has 0 saturated carbocycles. The molecule has 3 nitrogen and oxygen atoms in total. The first-order valence-corrected chi connectivity index (χ1v) is 3.84. The fourth-order valence-electron chi connectivity index (χ4n) is 0.541. The molecular weight excluding hydrogens is 233 g/mol. The van der Waals surface area contributed by atoms with Gasteiger partial charge < -0.3 is 4.74 Å². The van der Waals surface area contributed by atoms with E-state index in [-0.39, 0.29) is 0 Å². The third-order valence-corrected chi connectivity index (χ3v) is 1.41. The van der Waals surface area contributed by atoms with Crippen LogP contribution in [0.25, 0.3) is 0 Å². The van der Waals surface area contributed by atoms with E-state index in [0.717, 1.165) is 0 Å². The molecule has 1 aromatic heterocycles. The molecule has 0 saturated heterocycles. The van der Waals surface area contributed by atoms with E-state index in [2.05, 4.69) is 25.7 Å². The number of hydrogen-bond donors (Lipinski definition) is 0. The first-order chi connectivity index (χ1) is 5.18. The molecule has 1 rings (SSSR count). The van der Waals surface area contributed by atoms with Crippen molar-refractivity contribution >= 4 is 33.0 Å². The number of ether oxygens (including phenoxy) is 1. The molecule has 0 aliphatic carbocycles. The molecule has 1 aromatic rings. The summed E-state index contributed by atoms with van der Waals surface area (Å²) in [5, 5.41) is 0. The summed E-state index contributed by atoms with van der Waals surface area (Å²) >= 11 is 8.07. The van der Waals surface area contributed by atoms with Gasteiger partial charge in [-0.3, -0.25) is 0 Å². The number of halogens is 2. The van der Waals surface area contributed by atoms with Crippen LogP contribution in [0.1, 0.15) is 0 Å². The van der Waals surface area contributed by atoms with E-state index in [1.165, 1.54) is 12.3 Å². The predicted molar refractivity (Wildman–Crippen MR) is 43.8 cm³/mol. The van der Waals surface area contributed by atoms with Gasteiger partial charge in [-0.05, 0) is 22.0 Å². The van der Waals surface area contributed by atoms with Gasteiger partial charge in [0.1, 0.15) is 10.4 Å². The van der Waals surface area contributed by atoms with Crippen LogP contribution in [0.15, 0.2) is 22.9 Å². The number of carbonyl (C=O) groups excluding carboxylic acids is 1. The van der Waals surface area contributed by atoms with Crippen molar-refractivity contribution < 1.29 is 9.53 Å². The van der Waals surface area contributed by atoms with Crippen molar-refractivity contribution in [1.29, 1.82) is 0 Å². The Labute approximate surface area is 76.5 Å².